The largest absolute Gasteiger partial charge is 0.444 e. The van der Waals surface area contributed by atoms with Gasteiger partial charge in [0.2, 0.25) is 0 Å². The van der Waals surface area contributed by atoms with E-state index in [4.69, 9.17) is 16.3 Å². The highest BCUT2D eigenvalue weighted by atomic mass is 35.5. The number of nitrogens with zero attached hydrogens (tertiary/aromatic N) is 1. The van der Waals surface area contributed by atoms with Crippen molar-refractivity contribution in [3.63, 3.8) is 0 Å². The lowest BCUT2D eigenvalue weighted by Crippen LogP contribution is -2.37. The Bertz CT molecular complexity index is 560. The maximum absolute atomic E-state index is 13.1. The van der Waals surface area contributed by atoms with Gasteiger partial charge in [-0.25, -0.2) is 9.18 Å². The van der Waals surface area contributed by atoms with Crippen LogP contribution in [0.5, 0.6) is 0 Å². The molecule has 0 saturated carbocycles. The summed E-state index contributed by atoms with van der Waals surface area (Å²) in [5.41, 5.74) is 0.242. The summed E-state index contributed by atoms with van der Waals surface area (Å²) in [5.74, 6) is -0.350. The van der Waals surface area contributed by atoms with Gasteiger partial charge in [0.1, 0.15) is 11.4 Å². The number of nitrogens with one attached hydrogen (secondary N) is 1. The van der Waals surface area contributed by atoms with Crippen molar-refractivity contribution in [1.82, 2.24) is 4.90 Å². The Morgan fingerprint density at radius 2 is 2.09 bits per heavy atom. The molecular formula is C17H24ClFN2O2. The minimum atomic E-state index is -0.483. The lowest BCUT2D eigenvalue weighted by atomic mass is 10.1. The standard InChI is InChI=1S/C17H24ClFN2O2/c1-17(2,3)23-16(22)21-9-4-5-13(8-10-21)20-15-7-6-12(19)11-14(15)18/h6-7,11,13,20H,4-5,8-10H2,1-3H3. The van der Waals surface area contributed by atoms with E-state index >= 15 is 0 Å². The lowest BCUT2D eigenvalue weighted by Gasteiger charge is -2.26. The highest BCUT2D eigenvalue weighted by molar-refractivity contribution is 6.33. The number of halogens is 2. The molecule has 0 bridgehead atoms. The Morgan fingerprint density at radius 3 is 2.74 bits per heavy atom. The predicted octanol–water partition coefficient (Wildman–Crippen LogP) is 4.68. The number of ether oxygens (including phenoxy) is 1. The molecule has 1 aliphatic heterocycles. The van der Waals surface area contributed by atoms with E-state index in [1.54, 1.807) is 11.0 Å². The van der Waals surface area contributed by atoms with E-state index < -0.39 is 5.60 Å². The maximum Gasteiger partial charge on any atom is 0.410 e. The van der Waals surface area contributed by atoms with Crippen LogP contribution < -0.4 is 5.32 Å². The number of rotatable bonds is 2. The first-order chi connectivity index (χ1) is 10.7. The molecule has 128 valence electrons. The quantitative estimate of drug-likeness (QED) is 0.848. The van der Waals surface area contributed by atoms with Crippen LogP contribution in [-0.2, 0) is 4.74 Å². The number of hydrogen-bond donors (Lipinski definition) is 1. The van der Waals surface area contributed by atoms with Crippen molar-refractivity contribution in [2.45, 2.75) is 51.7 Å². The number of amides is 1. The summed E-state index contributed by atoms with van der Waals surface area (Å²) < 4.78 is 18.5. The first-order valence-electron chi connectivity index (χ1n) is 7.94. The van der Waals surface area contributed by atoms with Crippen molar-refractivity contribution >= 4 is 23.4 Å². The molecule has 1 aromatic carbocycles. The second-order valence-electron chi connectivity index (χ2n) is 6.86. The zero-order valence-electron chi connectivity index (χ0n) is 13.9. The van der Waals surface area contributed by atoms with Crippen LogP contribution in [0.25, 0.3) is 0 Å². The molecule has 1 unspecified atom stereocenters. The molecule has 1 aliphatic rings. The summed E-state index contributed by atoms with van der Waals surface area (Å²) in [6.07, 6.45) is 2.34. The van der Waals surface area contributed by atoms with Crippen LogP contribution in [0.2, 0.25) is 5.02 Å². The van der Waals surface area contributed by atoms with Gasteiger partial charge in [-0.15, -0.1) is 0 Å². The van der Waals surface area contributed by atoms with Gasteiger partial charge in [-0.2, -0.15) is 0 Å². The van der Waals surface area contributed by atoms with Crippen molar-refractivity contribution in [1.29, 1.82) is 0 Å². The van der Waals surface area contributed by atoms with Crippen molar-refractivity contribution in [3.8, 4) is 0 Å². The third-order valence-electron chi connectivity index (χ3n) is 3.67. The van der Waals surface area contributed by atoms with Gasteiger partial charge in [-0.05, 0) is 58.2 Å². The van der Waals surface area contributed by atoms with Crippen LogP contribution in [0.1, 0.15) is 40.0 Å². The fraction of sp³-hybridized carbons (Fsp3) is 0.588. The molecule has 0 spiro atoms. The molecule has 23 heavy (non-hydrogen) atoms. The summed E-state index contributed by atoms with van der Waals surface area (Å²) in [6.45, 7) is 6.91. The summed E-state index contributed by atoms with van der Waals surface area (Å²) in [7, 11) is 0. The number of likely N-dealkylation sites (tertiary alicyclic amines) is 1. The lowest BCUT2D eigenvalue weighted by molar-refractivity contribution is 0.0256. The summed E-state index contributed by atoms with van der Waals surface area (Å²) in [6, 6.07) is 4.53. The van der Waals surface area contributed by atoms with Crippen molar-refractivity contribution in [2.24, 2.45) is 0 Å². The first kappa shape index (κ1) is 17.9. The van der Waals surface area contributed by atoms with Gasteiger partial charge in [0.05, 0.1) is 10.7 Å². The Morgan fingerprint density at radius 1 is 1.35 bits per heavy atom. The van der Waals surface area contributed by atoms with Gasteiger partial charge in [0.15, 0.2) is 0 Å². The van der Waals surface area contributed by atoms with Crippen LogP contribution in [0.4, 0.5) is 14.9 Å². The van der Waals surface area contributed by atoms with E-state index in [1.807, 2.05) is 20.8 Å². The number of carbonyl (C=O) groups is 1. The maximum atomic E-state index is 13.1. The first-order valence-corrected chi connectivity index (χ1v) is 8.32. The molecule has 1 heterocycles. The minimum absolute atomic E-state index is 0.199. The Balaban J connectivity index is 1.92. The topological polar surface area (TPSA) is 41.6 Å². The van der Waals surface area contributed by atoms with Crippen molar-refractivity contribution in [3.05, 3.63) is 29.0 Å². The average Bonchev–Trinajstić information content (AvgIpc) is 2.66. The second kappa shape index (κ2) is 7.39. The fourth-order valence-electron chi connectivity index (χ4n) is 2.58. The molecule has 0 aromatic heterocycles. The number of carbonyl (C=O) groups excluding carboxylic acids is 1. The van der Waals surface area contributed by atoms with Crippen LogP contribution >= 0.6 is 11.6 Å². The van der Waals surface area contributed by atoms with E-state index in [2.05, 4.69) is 5.32 Å². The third kappa shape index (κ3) is 5.57. The highest BCUT2D eigenvalue weighted by Gasteiger charge is 2.25. The van der Waals surface area contributed by atoms with Gasteiger partial charge in [0, 0.05) is 19.1 Å². The molecule has 2 rings (SSSR count). The SMILES string of the molecule is CC(C)(C)OC(=O)N1CCCC(Nc2ccc(F)cc2Cl)CC1. The van der Waals surface area contributed by atoms with E-state index in [-0.39, 0.29) is 18.0 Å². The van der Waals surface area contributed by atoms with Gasteiger partial charge >= 0.3 is 6.09 Å². The molecule has 0 aliphatic carbocycles. The van der Waals surface area contributed by atoms with Crippen LogP contribution in [0.15, 0.2) is 18.2 Å². The molecule has 1 atom stereocenters. The van der Waals surface area contributed by atoms with Gasteiger partial charge < -0.3 is 15.0 Å². The average molecular weight is 343 g/mol. The van der Waals surface area contributed by atoms with Crippen molar-refractivity contribution < 1.29 is 13.9 Å². The smallest absolute Gasteiger partial charge is 0.410 e. The van der Waals surface area contributed by atoms with Gasteiger partial charge in [-0.1, -0.05) is 11.6 Å². The highest BCUT2D eigenvalue weighted by Crippen LogP contribution is 2.25. The summed E-state index contributed by atoms with van der Waals surface area (Å²) in [5, 5.41) is 3.72. The molecule has 1 aromatic rings. The van der Waals surface area contributed by atoms with Crippen LogP contribution in [-0.4, -0.2) is 35.7 Å². The Hall–Kier alpha value is -1.49. The molecular weight excluding hydrogens is 319 g/mol. The van der Waals surface area contributed by atoms with Crippen LogP contribution in [0.3, 0.4) is 0 Å². The van der Waals surface area contributed by atoms with E-state index in [0.717, 1.165) is 24.9 Å². The monoisotopic (exact) mass is 342 g/mol. The normalized spacial score (nSPS) is 19.2. The van der Waals surface area contributed by atoms with E-state index in [0.29, 0.717) is 18.1 Å². The molecule has 1 fully saturated rings. The molecule has 6 heteroatoms. The Labute approximate surface area is 141 Å². The molecule has 1 amide bonds. The molecule has 0 radical (unpaired) electrons. The van der Waals surface area contributed by atoms with Crippen LogP contribution in [0, 0.1) is 5.82 Å². The van der Waals surface area contributed by atoms with Gasteiger partial charge in [-0.3, -0.25) is 0 Å². The van der Waals surface area contributed by atoms with Gasteiger partial charge in [0.25, 0.3) is 0 Å². The molecule has 1 N–H and O–H groups in total. The summed E-state index contributed by atoms with van der Waals surface area (Å²) >= 11 is 6.05. The second-order valence-corrected chi connectivity index (χ2v) is 7.27. The number of anilines is 1. The third-order valence-corrected chi connectivity index (χ3v) is 3.98. The number of hydrogen-bond acceptors (Lipinski definition) is 3. The zero-order valence-corrected chi connectivity index (χ0v) is 14.6. The molecule has 1 saturated heterocycles. The van der Waals surface area contributed by atoms with Crippen molar-refractivity contribution in [2.75, 3.05) is 18.4 Å². The van der Waals surface area contributed by atoms with E-state index in [1.165, 1.54) is 12.1 Å². The number of benzene rings is 1. The fourth-order valence-corrected chi connectivity index (χ4v) is 2.80. The Kier molecular flexibility index (Phi) is 5.74. The van der Waals surface area contributed by atoms with E-state index in [9.17, 15) is 9.18 Å². The molecule has 4 nitrogen and oxygen atoms in total. The zero-order chi connectivity index (χ0) is 17.0. The predicted molar refractivity (Wildman–Crippen MR) is 90.5 cm³/mol. The minimum Gasteiger partial charge on any atom is -0.444 e. The summed E-state index contributed by atoms with van der Waals surface area (Å²) in [4.78, 5) is 13.9.